The Bertz CT molecular complexity index is 744. The van der Waals surface area contributed by atoms with Gasteiger partial charge < -0.3 is 14.6 Å². The van der Waals surface area contributed by atoms with Crippen molar-refractivity contribution in [3.05, 3.63) is 72.3 Å². The molecule has 6 heteroatoms. The van der Waals surface area contributed by atoms with E-state index in [4.69, 9.17) is 9.47 Å². The average molecular weight is 340 g/mol. The van der Waals surface area contributed by atoms with Crippen LogP contribution in [0.2, 0.25) is 0 Å². The molecule has 2 aromatic rings. The Balaban J connectivity index is 2.00. The summed E-state index contributed by atoms with van der Waals surface area (Å²) < 4.78 is 10.5. The summed E-state index contributed by atoms with van der Waals surface area (Å²) in [6.07, 6.45) is 2.20. The Hall–Kier alpha value is -3.12. The Kier molecular flexibility index (Phi) is 6.74. The smallest absolute Gasteiger partial charge is 0.273 e. The highest BCUT2D eigenvalue weighted by atomic mass is 16.5. The number of hydrazone groups is 1. The number of hydrogen-bond acceptors (Lipinski definition) is 5. The van der Waals surface area contributed by atoms with Gasteiger partial charge in [-0.1, -0.05) is 43.0 Å². The summed E-state index contributed by atoms with van der Waals surface area (Å²) in [7, 11) is 1.45. The number of benzene rings is 2. The van der Waals surface area contributed by atoms with Gasteiger partial charge in [-0.25, -0.2) is 5.43 Å². The van der Waals surface area contributed by atoms with Gasteiger partial charge in [-0.2, -0.15) is 5.10 Å². The predicted octanol–water partition coefficient (Wildman–Crippen LogP) is 2.79. The minimum Gasteiger partial charge on any atom is -0.507 e. The first kappa shape index (κ1) is 18.2. The molecule has 2 aromatic carbocycles. The average Bonchev–Trinajstić information content (AvgIpc) is 2.63. The zero-order valence-electron chi connectivity index (χ0n) is 13.9. The fourth-order valence-corrected chi connectivity index (χ4v) is 2.12. The molecule has 6 nitrogen and oxygen atoms in total. The SMILES string of the molecule is C=CCOc1ccc(/C=N/NC(=O)C(OC)c2ccccc2)c(O)c1. The highest BCUT2D eigenvalue weighted by Gasteiger charge is 2.19. The minimum atomic E-state index is -0.762. The van der Waals surface area contributed by atoms with Crippen LogP contribution in [-0.4, -0.2) is 30.9 Å². The van der Waals surface area contributed by atoms with Crippen LogP contribution in [0, 0.1) is 0 Å². The molecule has 0 fully saturated rings. The molecule has 2 N–H and O–H groups in total. The molecule has 1 unspecified atom stereocenters. The third-order valence-corrected chi connectivity index (χ3v) is 3.32. The van der Waals surface area contributed by atoms with Gasteiger partial charge in [0.25, 0.3) is 5.91 Å². The topological polar surface area (TPSA) is 80.2 Å². The first-order chi connectivity index (χ1) is 12.2. The van der Waals surface area contributed by atoms with Gasteiger partial charge in [-0.05, 0) is 17.7 Å². The molecule has 0 radical (unpaired) electrons. The Labute approximate surface area is 146 Å². The summed E-state index contributed by atoms with van der Waals surface area (Å²) >= 11 is 0. The van der Waals surface area contributed by atoms with Crippen molar-refractivity contribution >= 4 is 12.1 Å². The largest absolute Gasteiger partial charge is 0.507 e. The van der Waals surface area contributed by atoms with E-state index in [1.54, 1.807) is 30.3 Å². The van der Waals surface area contributed by atoms with E-state index >= 15 is 0 Å². The van der Waals surface area contributed by atoms with Crippen molar-refractivity contribution in [1.82, 2.24) is 5.43 Å². The third-order valence-electron chi connectivity index (χ3n) is 3.32. The van der Waals surface area contributed by atoms with Crippen LogP contribution in [0.5, 0.6) is 11.5 Å². The normalized spacial score (nSPS) is 11.9. The van der Waals surface area contributed by atoms with Crippen molar-refractivity contribution in [3.8, 4) is 11.5 Å². The van der Waals surface area contributed by atoms with Gasteiger partial charge >= 0.3 is 0 Å². The fourth-order valence-electron chi connectivity index (χ4n) is 2.12. The maximum absolute atomic E-state index is 12.2. The maximum atomic E-state index is 12.2. The Morgan fingerprint density at radius 2 is 2.08 bits per heavy atom. The van der Waals surface area contributed by atoms with Crippen molar-refractivity contribution in [3.63, 3.8) is 0 Å². The standard InChI is InChI=1S/C19H20N2O4/c1-3-11-25-16-10-9-15(17(22)12-16)13-20-21-19(23)18(24-2)14-7-5-4-6-8-14/h3-10,12-13,18,22H,1,11H2,2H3,(H,21,23)/b20-13+. The summed E-state index contributed by atoms with van der Waals surface area (Å²) in [4.78, 5) is 12.2. The van der Waals surface area contributed by atoms with Gasteiger partial charge in [0.2, 0.25) is 0 Å². The van der Waals surface area contributed by atoms with E-state index in [-0.39, 0.29) is 5.75 Å². The lowest BCUT2D eigenvalue weighted by Crippen LogP contribution is -2.26. The van der Waals surface area contributed by atoms with Gasteiger partial charge in [0.15, 0.2) is 6.10 Å². The van der Waals surface area contributed by atoms with E-state index in [9.17, 15) is 9.90 Å². The molecule has 0 saturated heterocycles. The third kappa shape index (κ3) is 5.19. The number of phenols is 1. The molecule has 0 aliphatic rings. The number of hydrogen-bond donors (Lipinski definition) is 2. The fraction of sp³-hybridized carbons (Fsp3) is 0.158. The van der Waals surface area contributed by atoms with Gasteiger partial charge in [0, 0.05) is 18.7 Å². The van der Waals surface area contributed by atoms with E-state index in [1.165, 1.54) is 19.4 Å². The zero-order valence-corrected chi connectivity index (χ0v) is 13.9. The molecule has 130 valence electrons. The molecule has 25 heavy (non-hydrogen) atoms. The van der Waals surface area contributed by atoms with Crippen molar-refractivity contribution in [1.29, 1.82) is 0 Å². The summed E-state index contributed by atoms with van der Waals surface area (Å²) in [5.41, 5.74) is 3.58. The predicted molar refractivity (Wildman–Crippen MR) is 95.7 cm³/mol. The molecule has 1 atom stereocenters. The van der Waals surface area contributed by atoms with Crippen LogP contribution in [0.15, 0.2) is 66.3 Å². The lowest BCUT2D eigenvalue weighted by molar-refractivity contribution is -0.131. The van der Waals surface area contributed by atoms with E-state index < -0.39 is 12.0 Å². The molecular weight excluding hydrogens is 320 g/mol. The van der Waals surface area contributed by atoms with Gasteiger partial charge in [-0.3, -0.25) is 4.79 Å². The van der Waals surface area contributed by atoms with E-state index in [1.807, 2.05) is 18.2 Å². The minimum absolute atomic E-state index is 0.00841. The molecule has 0 heterocycles. The van der Waals surface area contributed by atoms with Crippen molar-refractivity contribution in [2.45, 2.75) is 6.10 Å². The quantitative estimate of drug-likeness (QED) is 0.440. The Morgan fingerprint density at radius 1 is 1.32 bits per heavy atom. The number of phenolic OH excluding ortho intramolecular Hbond substituents is 1. The molecule has 2 rings (SSSR count). The highest BCUT2D eigenvalue weighted by Crippen LogP contribution is 2.22. The van der Waals surface area contributed by atoms with E-state index in [0.29, 0.717) is 17.9 Å². The van der Waals surface area contributed by atoms with Crippen molar-refractivity contribution < 1.29 is 19.4 Å². The van der Waals surface area contributed by atoms with Crippen molar-refractivity contribution in [2.24, 2.45) is 5.10 Å². The van der Waals surface area contributed by atoms with Crippen LogP contribution in [0.3, 0.4) is 0 Å². The van der Waals surface area contributed by atoms with E-state index in [0.717, 1.165) is 5.56 Å². The zero-order chi connectivity index (χ0) is 18.1. The second-order valence-corrected chi connectivity index (χ2v) is 5.08. The summed E-state index contributed by atoms with van der Waals surface area (Å²) in [5, 5.41) is 13.8. The highest BCUT2D eigenvalue weighted by molar-refractivity contribution is 5.87. The number of methoxy groups -OCH3 is 1. The summed E-state index contributed by atoms with van der Waals surface area (Å²) in [5.74, 6) is 0.100. The molecular formula is C19H20N2O4. The lowest BCUT2D eigenvalue weighted by Gasteiger charge is -2.13. The molecule has 0 aromatic heterocycles. The number of aromatic hydroxyl groups is 1. The van der Waals surface area contributed by atoms with Gasteiger partial charge in [0.05, 0.1) is 6.21 Å². The second kappa shape index (κ2) is 9.24. The van der Waals surface area contributed by atoms with Crippen LogP contribution in [-0.2, 0) is 9.53 Å². The number of nitrogens with zero attached hydrogens (tertiary/aromatic N) is 1. The number of amides is 1. The van der Waals surface area contributed by atoms with Crippen LogP contribution in [0.4, 0.5) is 0 Å². The molecule has 1 amide bonds. The molecule has 0 spiro atoms. The first-order valence-electron chi connectivity index (χ1n) is 7.63. The Morgan fingerprint density at radius 3 is 2.72 bits per heavy atom. The first-order valence-corrected chi connectivity index (χ1v) is 7.63. The van der Waals surface area contributed by atoms with Crippen molar-refractivity contribution in [2.75, 3.05) is 13.7 Å². The number of carbonyl (C=O) groups is 1. The van der Waals surface area contributed by atoms with Crippen LogP contribution in [0.1, 0.15) is 17.2 Å². The van der Waals surface area contributed by atoms with Crippen LogP contribution < -0.4 is 10.2 Å². The molecule has 0 aliphatic carbocycles. The van der Waals surface area contributed by atoms with Gasteiger partial charge in [-0.15, -0.1) is 0 Å². The maximum Gasteiger partial charge on any atom is 0.273 e. The molecule has 0 aliphatic heterocycles. The number of nitrogens with one attached hydrogen (secondary N) is 1. The lowest BCUT2D eigenvalue weighted by atomic mass is 10.1. The summed E-state index contributed by atoms with van der Waals surface area (Å²) in [6, 6.07) is 13.9. The van der Waals surface area contributed by atoms with Crippen LogP contribution in [0.25, 0.3) is 0 Å². The number of ether oxygens (including phenoxy) is 2. The number of carbonyl (C=O) groups excluding carboxylic acids is 1. The number of rotatable bonds is 8. The second-order valence-electron chi connectivity index (χ2n) is 5.08. The molecule has 0 bridgehead atoms. The molecule has 0 saturated carbocycles. The summed E-state index contributed by atoms with van der Waals surface area (Å²) in [6.45, 7) is 3.90. The van der Waals surface area contributed by atoms with E-state index in [2.05, 4.69) is 17.1 Å². The van der Waals surface area contributed by atoms with Crippen LogP contribution >= 0.6 is 0 Å². The monoisotopic (exact) mass is 340 g/mol. The van der Waals surface area contributed by atoms with Gasteiger partial charge in [0.1, 0.15) is 18.1 Å².